The van der Waals surface area contributed by atoms with E-state index in [0.717, 1.165) is 17.4 Å². The lowest BCUT2D eigenvalue weighted by molar-refractivity contribution is -0.650. The van der Waals surface area contributed by atoms with Crippen LogP contribution in [0.15, 0.2) is 24.5 Å². The number of hydrogen-bond donors (Lipinski definition) is 0. The normalized spacial score (nSPS) is 23.9. The zero-order valence-corrected chi connectivity index (χ0v) is 9.00. The molecule has 0 fully saturated rings. The van der Waals surface area contributed by atoms with Crippen molar-refractivity contribution in [2.75, 3.05) is 7.05 Å². The summed E-state index contributed by atoms with van der Waals surface area (Å²) in [6, 6.07) is 0. The van der Waals surface area contributed by atoms with Crippen LogP contribution >= 0.6 is 0 Å². The Hall–Kier alpha value is -1.89. The SMILES string of the molecule is C=C(CC)C(=O)OC1([N+](=O)[O-])C=CON1C. The van der Waals surface area contributed by atoms with Crippen molar-refractivity contribution in [3.05, 3.63) is 34.6 Å². The van der Waals surface area contributed by atoms with E-state index in [1.807, 2.05) is 0 Å². The largest absolute Gasteiger partial charge is 0.485 e. The van der Waals surface area contributed by atoms with Crippen molar-refractivity contribution < 1.29 is 19.3 Å². The Morgan fingerprint density at radius 2 is 2.38 bits per heavy atom. The highest BCUT2D eigenvalue weighted by atomic mass is 16.8. The van der Waals surface area contributed by atoms with Crippen molar-refractivity contribution in [1.29, 1.82) is 0 Å². The molecule has 0 spiro atoms. The summed E-state index contributed by atoms with van der Waals surface area (Å²) in [5.41, 5.74) is 0.162. The molecule has 0 saturated carbocycles. The van der Waals surface area contributed by atoms with Crippen LogP contribution in [0, 0.1) is 10.1 Å². The number of nitro groups is 1. The average Bonchev–Trinajstić information content (AvgIpc) is 2.60. The minimum absolute atomic E-state index is 0.162. The van der Waals surface area contributed by atoms with Gasteiger partial charge in [0.05, 0.1) is 11.0 Å². The molecule has 0 radical (unpaired) electrons. The van der Waals surface area contributed by atoms with E-state index in [0.29, 0.717) is 6.42 Å². The average molecular weight is 228 g/mol. The van der Waals surface area contributed by atoms with Crippen LogP contribution in [-0.2, 0) is 14.4 Å². The minimum atomic E-state index is -2.10. The summed E-state index contributed by atoms with van der Waals surface area (Å²) >= 11 is 0. The molecular weight excluding hydrogens is 216 g/mol. The summed E-state index contributed by atoms with van der Waals surface area (Å²) in [6.45, 7) is 5.15. The Morgan fingerprint density at radius 1 is 1.75 bits per heavy atom. The van der Waals surface area contributed by atoms with Gasteiger partial charge in [0.2, 0.25) is 0 Å². The maximum Gasteiger partial charge on any atom is 0.485 e. The van der Waals surface area contributed by atoms with Crippen LogP contribution in [0.25, 0.3) is 0 Å². The second-order valence-electron chi connectivity index (χ2n) is 3.17. The van der Waals surface area contributed by atoms with Crippen LogP contribution in [-0.4, -0.2) is 28.9 Å². The van der Waals surface area contributed by atoms with E-state index >= 15 is 0 Å². The predicted molar refractivity (Wildman–Crippen MR) is 53.2 cm³/mol. The Morgan fingerprint density at radius 3 is 2.75 bits per heavy atom. The molecule has 1 unspecified atom stereocenters. The quantitative estimate of drug-likeness (QED) is 0.233. The fourth-order valence-corrected chi connectivity index (χ4v) is 1.06. The van der Waals surface area contributed by atoms with Crippen LogP contribution in [0.1, 0.15) is 13.3 Å². The third-order valence-corrected chi connectivity index (χ3v) is 2.18. The van der Waals surface area contributed by atoms with Crippen LogP contribution in [0.2, 0.25) is 0 Å². The summed E-state index contributed by atoms with van der Waals surface area (Å²) in [5, 5.41) is 11.7. The second-order valence-corrected chi connectivity index (χ2v) is 3.17. The molecule has 0 N–H and O–H groups in total. The van der Waals surface area contributed by atoms with Gasteiger partial charge in [-0.2, -0.15) is 0 Å². The van der Waals surface area contributed by atoms with Crippen molar-refractivity contribution in [3.8, 4) is 0 Å². The van der Waals surface area contributed by atoms with Crippen LogP contribution in [0.5, 0.6) is 0 Å². The van der Waals surface area contributed by atoms with E-state index in [-0.39, 0.29) is 5.57 Å². The zero-order chi connectivity index (χ0) is 12.3. The van der Waals surface area contributed by atoms with Gasteiger partial charge in [-0.05, 0) is 11.5 Å². The monoisotopic (exact) mass is 228 g/mol. The molecule has 0 aromatic carbocycles. The van der Waals surface area contributed by atoms with Gasteiger partial charge in [0, 0.05) is 12.6 Å². The van der Waals surface area contributed by atoms with Gasteiger partial charge in [0.25, 0.3) is 0 Å². The fraction of sp³-hybridized carbons (Fsp3) is 0.444. The molecule has 7 heteroatoms. The zero-order valence-electron chi connectivity index (χ0n) is 9.00. The third-order valence-electron chi connectivity index (χ3n) is 2.18. The number of hydroxylamine groups is 2. The van der Waals surface area contributed by atoms with Gasteiger partial charge in [0.15, 0.2) is 0 Å². The Labute approximate surface area is 92.0 Å². The summed E-state index contributed by atoms with van der Waals surface area (Å²) in [7, 11) is 1.30. The molecule has 0 bridgehead atoms. The molecule has 7 nitrogen and oxygen atoms in total. The number of carbonyl (C=O) groups is 1. The number of carbonyl (C=O) groups excluding carboxylic acids is 1. The van der Waals surface area contributed by atoms with E-state index in [2.05, 4.69) is 6.58 Å². The first-order valence-electron chi connectivity index (χ1n) is 4.58. The van der Waals surface area contributed by atoms with Gasteiger partial charge < -0.3 is 9.57 Å². The number of rotatable bonds is 4. The van der Waals surface area contributed by atoms with E-state index in [1.165, 1.54) is 7.05 Å². The highest BCUT2D eigenvalue weighted by molar-refractivity contribution is 5.87. The summed E-state index contributed by atoms with van der Waals surface area (Å²) < 4.78 is 4.80. The Balaban J connectivity index is 2.90. The second kappa shape index (κ2) is 4.31. The highest BCUT2D eigenvalue weighted by Gasteiger charge is 2.54. The lowest BCUT2D eigenvalue weighted by Crippen LogP contribution is -2.51. The molecule has 16 heavy (non-hydrogen) atoms. The first-order chi connectivity index (χ1) is 7.44. The van der Waals surface area contributed by atoms with Crippen molar-refractivity contribution in [1.82, 2.24) is 5.06 Å². The summed E-state index contributed by atoms with van der Waals surface area (Å²) in [5.74, 6) is -2.92. The number of nitrogens with zero attached hydrogens (tertiary/aromatic N) is 2. The van der Waals surface area contributed by atoms with Crippen molar-refractivity contribution in [3.63, 3.8) is 0 Å². The van der Waals surface area contributed by atoms with Crippen LogP contribution in [0.4, 0.5) is 0 Å². The van der Waals surface area contributed by atoms with Gasteiger partial charge in [-0.25, -0.2) is 4.79 Å². The van der Waals surface area contributed by atoms with Gasteiger partial charge in [-0.15, -0.1) is 0 Å². The highest BCUT2D eigenvalue weighted by Crippen LogP contribution is 2.25. The minimum Gasteiger partial charge on any atom is -0.404 e. The number of hydrogen-bond acceptors (Lipinski definition) is 6. The molecule has 1 atom stereocenters. The van der Waals surface area contributed by atoms with E-state index < -0.39 is 16.7 Å². The molecule has 1 aliphatic rings. The van der Waals surface area contributed by atoms with Crippen molar-refractivity contribution in [2.45, 2.75) is 19.2 Å². The molecule has 0 aromatic rings. The summed E-state index contributed by atoms with van der Waals surface area (Å²) in [6.07, 6.45) is 2.50. The molecule has 1 rings (SSSR count). The Kier molecular flexibility index (Phi) is 3.28. The van der Waals surface area contributed by atoms with Crippen molar-refractivity contribution >= 4 is 5.97 Å². The number of esters is 1. The van der Waals surface area contributed by atoms with Gasteiger partial charge in [-0.3, -0.25) is 10.1 Å². The van der Waals surface area contributed by atoms with Gasteiger partial charge in [-0.1, -0.05) is 13.5 Å². The lowest BCUT2D eigenvalue weighted by atomic mass is 10.2. The van der Waals surface area contributed by atoms with Crippen LogP contribution in [0.3, 0.4) is 0 Å². The molecule has 0 aromatic heterocycles. The standard InChI is InChI=1S/C9H12N2O5/c1-4-7(2)8(12)16-9(11(13)14)5-6-15-10(9)3/h5-6H,2,4H2,1,3H3. The number of ether oxygens (including phenoxy) is 1. The van der Waals surface area contributed by atoms with E-state index in [1.54, 1.807) is 6.92 Å². The van der Waals surface area contributed by atoms with E-state index in [9.17, 15) is 14.9 Å². The Bertz CT molecular complexity index is 365. The summed E-state index contributed by atoms with van der Waals surface area (Å²) in [4.78, 5) is 26.3. The first-order valence-corrected chi connectivity index (χ1v) is 4.58. The van der Waals surface area contributed by atoms with Gasteiger partial charge >= 0.3 is 11.8 Å². The van der Waals surface area contributed by atoms with E-state index in [4.69, 9.17) is 9.57 Å². The maximum absolute atomic E-state index is 11.4. The molecule has 1 heterocycles. The molecule has 1 aliphatic heterocycles. The van der Waals surface area contributed by atoms with Crippen molar-refractivity contribution in [2.24, 2.45) is 0 Å². The van der Waals surface area contributed by atoms with Crippen LogP contribution < -0.4 is 0 Å². The smallest absolute Gasteiger partial charge is 0.404 e. The molecule has 88 valence electrons. The molecule has 0 amide bonds. The van der Waals surface area contributed by atoms with Gasteiger partial charge in [0.1, 0.15) is 6.26 Å². The molecular formula is C9H12N2O5. The molecule has 0 aliphatic carbocycles. The third kappa shape index (κ3) is 1.89. The predicted octanol–water partition coefficient (Wildman–Crippen LogP) is 0.817. The topological polar surface area (TPSA) is 81.9 Å². The first kappa shape index (κ1) is 12.2. The fourth-order valence-electron chi connectivity index (χ4n) is 1.06. The number of likely N-dealkylation sites (N-methyl/N-ethyl adjacent to an activating group) is 1. The lowest BCUT2D eigenvalue weighted by Gasteiger charge is -2.23. The molecule has 0 saturated heterocycles. The maximum atomic E-state index is 11.4.